The minimum absolute atomic E-state index is 0.109. The summed E-state index contributed by atoms with van der Waals surface area (Å²) in [6.07, 6.45) is 0. The van der Waals surface area contributed by atoms with Crippen LogP contribution in [-0.4, -0.2) is 12.2 Å². The van der Waals surface area contributed by atoms with Gasteiger partial charge in [-0.15, -0.1) is 0 Å². The van der Waals surface area contributed by atoms with Crippen molar-refractivity contribution in [1.29, 1.82) is 0 Å². The lowest BCUT2D eigenvalue weighted by Gasteiger charge is -2.18. The summed E-state index contributed by atoms with van der Waals surface area (Å²) in [5, 5.41) is 14.2. The molecule has 0 aliphatic carbocycles. The van der Waals surface area contributed by atoms with Crippen LogP contribution in [-0.2, 0) is 0 Å². The van der Waals surface area contributed by atoms with Gasteiger partial charge in [-0.1, -0.05) is 23.2 Å². The number of benzene rings is 2. The number of anilines is 1. The number of phenolic OH excluding ortho intramolecular Hbond substituents is 1. The van der Waals surface area contributed by atoms with E-state index in [1.165, 1.54) is 0 Å². The van der Waals surface area contributed by atoms with Crippen LogP contribution < -0.4 is 10.1 Å². The van der Waals surface area contributed by atoms with Gasteiger partial charge in [0.05, 0.1) is 23.2 Å². The molecule has 2 aromatic carbocycles. The van der Waals surface area contributed by atoms with E-state index in [1.54, 1.807) is 37.4 Å². The van der Waals surface area contributed by atoms with Crippen molar-refractivity contribution in [2.75, 3.05) is 12.4 Å². The minimum atomic E-state index is -0.109. The van der Waals surface area contributed by atoms with Crippen molar-refractivity contribution in [3.63, 3.8) is 0 Å². The zero-order valence-corrected chi connectivity index (χ0v) is 12.7. The molecule has 0 bridgehead atoms. The monoisotopic (exact) mass is 311 g/mol. The van der Waals surface area contributed by atoms with Crippen LogP contribution in [0.3, 0.4) is 0 Å². The Bertz CT molecular complexity index is 617. The Morgan fingerprint density at radius 1 is 1.10 bits per heavy atom. The number of nitrogens with one attached hydrogen (secondary N) is 1. The second-order valence-corrected chi connectivity index (χ2v) is 5.23. The molecule has 0 aliphatic rings. The quantitative estimate of drug-likeness (QED) is 0.845. The van der Waals surface area contributed by atoms with Crippen LogP contribution in [0.25, 0.3) is 0 Å². The van der Waals surface area contributed by atoms with E-state index in [9.17, 15) is 5.11 Å². The first kappa shape index (κ1) is 14.8. The molecule has 1 atom stereocenters. The van der Waals surface area contributed by atoms with Gasteiger partial charge in [-0.2, -0.15) is 0 Å². The maximum Gasteiger partial charge on any atom is 0.121 e. The van der Waals surface area contributed by atoms with Crippen LogP contribution in [0, 0.1) is 0 Å². The zero-order valence-electron chi connectivity index (χ0n) is 11.2. The molecule has 0 aliphatic heterocycles. The summed E-state index contributed by atoms with van der Waals surface area (Å²) < 4.78 is 5.17. The van der Waals surface area contributed by atoms with Gasteiger partial charge in [-0.25, -0.2) is 0 Å². The third kappa shape index (κ3) is 3.30. The standard InChI is InChI=1S/C15H15Cl2NO2/c1-9(12-8-11(20-2)4-6-15(12)19)18-10-3-5-13(16)14(17)7-10/h3-9,18-19H,1-2H3. The molecule has 2 N–H and O–H groups in total. The summed E-state index contributed by atoms with van der Waals surface area (Å²) in [4.78, 5) is 0. The van der Waals surface area contributed by atoms with E-state index in [1.807, 2.05) is 13.0 Å². The highest BCUT2D eigenvalue weighted by Gasteiger charge is 2.12. The van der Waals surface area contributed by atoms with Crippen LogP contribution in [0.2, 0.25) is 10.0 Å². The Labute approximate surface area is 128 Å². The first-order chi connectivity index (χ1) is 9.51. The molecule has 2 aromatic rings. The number of halogens is 2. The van der Waals surface area contributed by atoms with Crippen molar-refractivity contribution in [1.82, 2.24) is 0 Å². The molecule has 5 heteroatoms. The molecule has 2 rings (SSSR count). The SMILES string of the molecule is COc1ccc(O)c(C(C)Nc2ccc(Cl)c(Cl)c2)c1. The van der Waals surface area contributed by atoms with E-state index in [2.05, 4.69) is 5.32 Å². The highest BCUT2D eigenvalue weighted by atomic mass is 35.5. The van der Waals surface area contributed by atoms with E-state index in [0.29, 0.717) is 15.8 Å². The smallest absolute Gasteiger partial charge is 0.121 e. The zero-order chi connectivity index (χ0) is 14.7. The van der Waals surface area contributed by atoms with Crippen LogP contribution >= 0.6 is 23.2 Å². The lowest BCUT2D eigenvalue weighted by Crippen LogP contribution is -2.07. The van der Waals surface area contributed by atoms with Gasteiger partial charge >= 0.3 is 0 Å². The van der Waals surface area contributed by atoms with Gasteiger partial charge in [0.1, 0.15) is 11.5 Å². The first-order valence-corrected chi connectivity index (χ1v) is 6.85. The second-order valence-electron chi connectivity index (χ2n) is 4.42. The summed E-state index contributed by atoms with van der Waals surface area (Å²) in [5.41, 5.74) is 1.57. The van der Waals surface area contributed by atoms with Crippen LogP contribution in [0.5, 0.6) is 11.5 Å². The fraction of sp³-hybridized carbons (Fsp3) is 0.200. The van der Waals surface area contributed by atoms with Gasteiger partial charge in [0.15, 0.2) is 0 Å². The van der Waals surface area contributed by atoms with Gasteiger partial charge in [-0.3, -0.25) is 0 Å². The van der Waals surface area contributed by atoms with E-state index >= 15 is 0 Å². The first-order valence-electron chi connectivity index (χ1n) is 6.09. The van der Waals surface area contributed by atoms with Gasteiger partial charge in [0, 0.05) is 11.3 Å². The number of aromatic hydroxyl groups is 1. The lowest BCUT2D eigenvalue weighted by atomic mass is 10.1. The van der Waals surface area contributed by atoms with Crippen molar-refractivity contribution in [3.8, 4) is 11.5 Å². The average molecular weight is 312 g/mol. The van der Waals surface area contributed by atoms with Crippen molar-refractivity contribution in [2.45, 2.75) is 13.0 Å². The Hall–Kier alpha value is -1.58. The number of phenols is 1. The fourth-order valence-corrected chi connectivity index (χ4v) is 2.22. The highest BCUT2D eigenvalue weighted by molar-refractivity contribution is 6.42. The Kier molecular flexibility index (Phi) is 4.63. The Morgan fingerprint density at radius 3 is 2.50 bits per heavy atom. The molecule has 0 spiro atoms. The lowest BCUT2D eigenvalue weighted by molar-refractivity contribution is 0.410. The Morgan fingerprint density at radius 2 is 1.85 bits per heavy atom. The largest absolute Gasteiger partial charge is 0.508 e. The molecule has 0 saturated heterocycles. The normalized spacial score (nSPS) is 12.0. The third-order valence-corrected chi connectivity index (χ3v) is 3.74. The molecule has 0 saturated carbocycles. The summed E-state index contributed by atoms with van der Waals surface area (Å²) in [5.74, 6) is 0.909. The average Bonchev–Trinajstić information content (AvgIpc) is 2.43. The number of hydrogen-bond acceptors (Lipinski definition) is 3. The van der Waals surface area contributed by atoms with E-state index in [0.717, 1.165) is 11.3 Å². The highest BCUT2D eigenvalue weighted by Crippen LogP contribution is 2.32. The molecule has 106 valence electrons. The molecule has 0 heterocycles. The molecule has 20 heavy (non-hydrogen) atoms. The van der Waals surface area contributed by atoms with E-state index < -0.39 is 0 Å². The molecular weight excluding hydrogens is 297 g/mol. The van der Waals surface area contributed by atoms with Crippen LogP contribution in [0.4, 0.5) is 5.69 Å². The topological polar surface area (TPSA) is 41.5 Å². The van der Waals surface area contributed by atoms with Gasteiger partial charge in [0.25, 0.3) is 0 Å². The van der Waals surface area contributed by atoms with Crippen molar-refractivity contribution < 1.29 is 9.84 Å². The van der Waals surface area contributed by atoms with Gasteiger partial charge in [0.2, 0.25) is 0 Å². The summed E-state index contributed by atoms with van der Waals surface area (Å²) in [6.45, 7) is 1.94. The van der Waals surface area contributed by atoms with Gasteiger partial charge in [-0.05, 0) is 43.3 Å². The molecule has 3 nitrogen and oxygen atoms in total. The van der Waals surface area contributed by atoms with E-state index in [4.69, 9.17) is 27.9 Å². The van der Waals surface area contributed by atoms with Crippen LogP contribution in [0.1, 0.15) is 18.5 Å². The molecule has 1 unspecified atom stereocenters. The summed E-state index contributed by atoms with van der Waals surface area (Å²) in [6, 6.07) is 10.3. The predicted octanol–water partition coefficient (Wildman–Crippen LogP) is 4.88. The van der Waals surface area contributed by atoms with Crippen molar-refractivity contribution in [3.05, 3.63) is 52.0 Å². The molecule has 0 aromatic heterocycles. The van der Waals surface area contributed by atoms with Crippen molar-refractivity contribution >= 4 is 28.9 Å². The number of methoxy groups -OCH3 is 1. The summed E-state index contributed by atoms with van der Waals surface area (Å²) >= 11 is 11.9. The Balaban J connectivity index is 2.23. The second kappa shape index (κ2) is 6.25. The maximum absolute atomic E-state index is 9.93. The molecule has 0 fully saturated rings. The third-order valence-electron chi connectivity index (χ3n) is 3.00. The number of hydrogen-bond donors (Lipinski definition) is 2. The molecule has 0 radical (unpaired) electrons. The van der Waals surface area contributed by atoms with Gasteiger partial charge < -0.3 is 15.2 Å². The maximum atomic E-state index is 9.93. The van der Waals surface area contributed by atoms with E-state index in [-0.39, 0.29) is 11.8 Å². The molecular formula is C15H15Cl2NO2. The van der Waals surface area contributed by atoms with Crippen molar-refractivity contribution in [2.24, 2.45) is 0 Å². The number of ether oxygens (including phenoxy) is 1. The predicted molar refractivity (Wildman–Crippen MR) is 83.2 cm³/mol. The summed E-state index contributed by atoms with van der Waals surface area (Å²) in [7, 11) is 1.59. The number of rotatable bonds is 4. The minimum Gasteiger partial charge on any atom is -0.508 e. The molecule has 0 amide bonds. The van der Waals surface area contributed by atoms with Crippen LogP contribution in [0.15, 0.2) is 36.4 Å². The fourth-order valence-electron chi connectivity index (χ4n) is 1.92.